The standard InChI is InChI=1S/C12H22O2/c1-9(2)10(3)5-7-12(14)8-6-11(4)13/h9-10H,5-8H2,1-4H3. The first kappa shape index (κ1) is 13.3. The van der Waals surface area contributed by atoms with Crippen LogP contribution >= 0.6 is 0 Å². The molecule has 0 N–H and O–H groups in total. The van der Waals surface area contributed by atoms with Gasteiger partial charge >= 0.3 is 0 Å². The van der Waals surface area contributed by atoms with Gasteiger partial charge in [0.2, 0.25) is 0 Å². The quantitative estimate of drug-likeness (QED) is 0.630. The monoisotopic (exact) mass is 198 g/mol. The van der Waals surface area contributed by atoms with E-state index < -0.39 is 0 Å². The molecule has 82 valence electrons. The highest BCUT2D eigenvalue weighted by molar-refractivity contribution is 5.84. The van der Waals surface area contributed by atoms with E-state index in [1.165, 1.54) is 6.92 Å². The number of hydrogen-bond donors (Lipinski definition) is 0. The Kier molecular flexibility index (Phi) is 6.43. The second-order valence-electron chi connectivity index (χ2n) is 4.50. The maximum Gasteiger partial charge on any atom is 0.133 e. The van der Waals surface area contributed by atoms with E-state index in [4.69, 9.17) is 0 Å². The SMILES string of the molecule is CC(=O)CCC(=O)CCC(C)C(C)C. The highest BCUT2D eigenvalue weighted by Gasteiger charge is 2.10. The molecule has 1 unspecified atom stereocenters. The van der Waals surface area contributed by atoms with Gasteiger partial charge in [-0.1, -0.05) is 20.8 Å². The van der Waals surface area contributed by atoms with E-state index in [9.17, 15) is 9.59 Å². The molecule has 0 heterocycles. The first-order valence-corrected chi connectivity index (χ1v) is 5.44. The summed E-state index contributed by atoms with van der Waals surface area (Å²) in [5.74, 6) is 1.56. The van der Waals surface area contributed by atoms with Crippen molar-refractivity contribution < 1.29 is 9.59 Å². The summed E-state index contributed by atoms with van der Waals surface area (Å²) in [6.45, 7) is 8.04. The predicted molar refractivity (Wildman–Crippen MR) is 58.2 cm³/mol. The van der Waals surface area contributed by atoms with Crippen LogP contribution in [0.2, 0.25) is 0 Å². The fourth-order valence-electron chi connectivity index (χ4n) is 1.16. The van der Waals surface area contributed by atoms with E-state index in [1.54, 1.807) is 0 Å². The topological polar surface area (TPSA) is 34.1 Å². The van der Waals surface area contributed by atoms with Crippen molar-refractivity contribution in [2.24, 2.45) is 11.8 Å². The second-order valence-corrected chi connectivity index (χ2v) is 4.50. The van der Waals surface area contributed by atoms with E-state index >= 15 is 0 Å². The maximum atomic E-state index is 11.3. The lowest BCUT2D eigenvalue weighted by atomic mass is 9.92. The lowest BCUT2D eigenvalue weighted by Crippen LogP contribution is -2.08. The molecule has 2 heteroatoms. The third-order valence-corrected chi connectivity index (χ3v) is 2.77. The molecule has 0 bridgehead atoms. The molecular weight excluding hydrogens is 176 g/mol. The van der Waals surface area contributed by atoms with Crippen molar-refractivity contribution >= 4 is 11.6 Å². The molecule has 0 aromatic carbocycles. The third-order valence-electron chi connectivity index (χ3n) is 2.77. The summed E-state index contributed by atoms with van der Waals surface area (Å²) in [5, 5.41) is 0. The lowest BCUT2D eigenvalue weighted by molar-refractivity contribution is -0.123. The van der Waals surface area contributed by atoms with Crippen LogP contribution in [0.25, 0.3) is 0 Å². The van der Waals surface area contributed by atoms with E-state index in [1.807, 2.05) is 0 Å². The zero-order valence-corrected chi connectivity index (χ0v) is 9.80. The van der Waals surface area contributed by atoms with Gasteiger partial charge in [-0.05, 0) is 25.2 Å². The Balaban J connectivity index is 3.58. The Bertz CT molecular complexity index is 194. The van der Waals surface area contributed by atoms with Crippen molar-refractivity contribution in [3.63, 3.8) is 0 Å². The molecular formula is C12H22O2. The van der Waals surface area contributed by atoms with Gasteiger partial charge in [-0.3, -0.25) is 4.79 Å². The lowest BCUT2D eigenvalue weighted by Gasteiger charge is -2.14. The Morgan fingerprint density at radius 1 is 1.00 bits per heavy atom. The predicted octanol–water partition coefficient (Wildman–Crippen LogP) is 3.00. The normalized spacial score (nSPS) is 12.9. The van der Waals surface area contributed by atoms with Crippen molar-refractivity contribution in [2.45, 2.75) is 53.4 Å². The molecule has 0 amide bonds. The first-order chi connectivity index (χ1) is 6.43. The van der Waals surface area contributed by atoms with Crippen LogP contribution in [-0.2, 0) is 9.59 Å². The summed E-state index contributed by atoms with van der Waals surface area (Å²) < 4.78 is 0. The van der Waals surface area contributed by atoms with Gasteiger partial charge in [-0.2, -0.15) is 0 Å². The van der Waals surface area contributed by atoms with E-state index in [-0.39, 0.29) is 11.6 Å². The second kappa shape index (κ2) is 6.74. The van der Waals surface area contributed by atoms with Crippen molar-refractivity contribution in [2.75, 3.05) is 0 Å². The minimum absolute atomic E-state index is 0.107. The average Bonchev–Trinajstić information content (AvgIpc) is 2.10. The number of ketones is 2. The molecule has 0 saturated heterocycles. The van der Waals surface area contributed by atoms with Gasteiger partial charge in [-0.15, -0.1) is 0 Å². The van der Waals surface area contributed by atoms with Gasteiger partial charge in [0.15, 0.2) is 0 Å². The van der Waals surface area contributed by atoms with Crippen molar-refractivity contribution in [1.29, 1.82) is 0 Å². The average molecular weight is 198 g/mol. The van der Waals surface area contributed by atoms with Crippen LogP contribution in [0.1, 0.15) is 53.4 Å². The van der Waals surface area contributed by atoms with Gasteiger partial charge in [0.05, 0.1) is 0 Å². The molecule has 0 fully saturated rings. The molecule has 2 nitrogen and oxygen atoms in total. The van der Waals surface area contributed by atoms with E-state index in [0.29, 0.717) is 31.1 Å². The number of carbonyl (C=O) groups excluding carboxylic acids is 2. The van der Waals surface area contributed by atoms with Gasteiger partial charge in [0.1, 0.15) is 11.6 Å². The molecule has 0 aliphatic carbocycles. The van der Waals surface area contributed by atoms with Crippen molar-refractivity contribution in [1.82, 2.24) is 0 Å². The largest absolute Gasteiger partial charge is 0.300 e. The van der Waals surface area contributed by atoms with Gasteiger partial charge in [-0.25, -0.2) is 0 Å². The Morgan fingerprint density at radius 3 is 2.00 bits per heavy atom. The number of carbonyl (C=O) groups is 2. The smallest absolute Gasteiger partial charge is 0.133 e. The van der Waals surface area contributed by atoms with Crippen LogP contribution in [0, 0.1) is 11.8 Å². The number of Topliss-reactive ketones (excluding diaryl/α,β-unsaturated/α-hetero) is 2. The van der Waals surface area contributed by atoms with Crippen LogP contribution < -0.4 is 0 Å². The van der Waals surface area contributed by atoms with Gasteiger partial charge in [0.25, 0.3) is 0 Å². The minimum Gasteiger partial charge on any atom is -0.300 e. The summed E-state index contributed by atoms with van der Waals surface area (Å²) >= 11 is 0. The summed E-state index contributed by atoms with van der Waals surface area (Å²) in [6.07, 6.45) is 2.43. The Morgan fingerprint density at radius 2 is 1.57 bits per heavy atom. The molecule has 0 aromatic rings. The highest BCUT2D eigenvalue weighted by Crippen LogP contribution is 2.16. The van der Waals surface area contributed by atoms with Gasteiger partial charge in [0, 0.05) is 19.3 Å². The van der Waals surface area contributed by atoms with Crippen LogP contribution in [0.4, 0.5) is 0 Å². The molecule has 0 aliphatic rings. The summed E-state index contributed by atoms with van der Waals surface area (Å²) in [6, 6.07) is 0. The fourth-order valence-corrected chi connectivity index (χ4v) is 1.16. The summed E-state index contributed by atoms with van der Waals surface area (Å²) in [5.41, 5.74) is 0. The van der Waals surface area contributed by atoms with Gasteiger partial charge < -0.3 is 4.79 Å². The zero-order valence-electron chi connectivity index (χ0n) is 9.80. The molecule has 0 aromatic heterocycles. The summed E-state index contributed by atoms with van der Waals surface area (Å²) in [4.78, 5) is 22.0. The molecule has 0 radical (unpaired) electrons. The van der Waals surface area contributed by atoms with Crippen LogP contribution in [0.5, 0.6) is 0 Å². The minimum atomic E-state index is 0.107. The van der Waals surface area contributed by atoms with Crippen LogP contribution in [0.15, 0.2) is 0 Å². The zero-order chi connectivity index (χ0) is 11.1. The van der Waals surface area contributed by atoms with E-state index in [0.717, 1.165) is 6.42 Å². The molecule has 0 rings (SSSR count). The Labute approximate surface area is 87.1 Å². The Hall–Kier alpha value is -0.660. The maximum absolute atomic E-state index is 11.3. The van der Waals surface area contributed by atoms with Crippen LogP contribution in [-0.4, -0.2) is 11.6 Å². The summed E-state index contributed by atoms with van der Waals surface area (Å²) in [7, 11) is 0. The highest BCUT2D eigenvalue weighted by atomic mass is 16.1. The first-order valence-electron chi connectivity index (χ1n) is 5.44. The molecule has 0 saturated carbocycles. The fraction of sp³-hybridized carbons (Fsp3) is 0.833. The number of hydrogen-bond acceptors (Lipinski definition) is 2. The molecule has 0 spiro atoms. The van der Waals surface area contributed by atoms with Crippen molar-refractivity contribution in [3.8, 4) is 0 Å². The van der Waals surface area contributed by atoms with E-state index in [2.05, 4.69) is 20.8 Å². The molecule has 1 atom stereocenters. The molecule has 14 heavy (non-hydrogen) atoms. The third kappa shape index (κ3) is 6.81. The molecule has 0 aliphatic heterocycles. The van der Waals surface area contributed by atoms with Crippen molar-refractivity contribution in [3.05, 3.63) is 0 Å². The number of rotatable bonds is 7. The van der Waals surface area contributed by atoms with Crippen LogP contribution in [0.3, 0.4) is 0 Å².